The number of amides is 1. The number of hydroxylamine groups is 1. The summed E-state index contributed by atoms with van der Waals surface area (Å²) in [4.78, 5) is 11.9. The summed E-state index contributed by atoms with van der Waals surface area (Å²) in [5, 5.41) is 1.19. The number of rotatable bonds is 8. The third kappa shape index (κ3) is 5.10. The average Bonchev–Trinajstić information content (AvgIpc) is 2.74. The first-order chi connectivity index (χ1) is 13.9. The fourth-order valence-corrected chi connectivity index (χ4v) is 3.71. The second-order valence-corrected chi connectivity index (χ2v) is 7.89. The first-order valence-electron chi connectivity index (χ1n) is 8.93. The zero-order valence-electron chi connectivity index (χ0n) is 15.7. The van der Waals surface area contributed by atoms with Gasteiger partial charge in [-0.25, -0.2) is 9.87 Å². The van der Waals surface area contributed by atoms with Gasteiger partial charge in [-0.1, -0.05) is 24.3 Å². The van der Waals surface area contributed by atoms with Crippen LogP contribution in [0.5, 0.6) is 5.75 Å². The van der Waals surface area contributed by atoms with Crippen LogP contribution in [-0.4, -0.2) is 21.4 Å². The highest BCUT2D eigenvalue weighted by molar-refractivity contribution is 7.86. The van der Waals surface area contributed by atoms with E-state index in [1.54, 1.807) is 42.5 Å². The number of methoxy groups -OCH3 is 1. The van der Waals surface area contributed by atoms with E-state index in [1.165, 1.54) is 25.3 Å². The van der Waals surface area contributed by atoms with Gasteiger partial charge in [-0.2, -0.15) is 8.42 Å². The Bertz CT molecular complexity index is 1120. The Morgan fingerprint density at radius 2 is 1.79 bits per heavy atom. The van der Waals surface area contributed by atoms with Gasteiger partial charge in [0.05, 0.1) is 12.0 Å². The van der Waals surface area contributed by atoms with Crippen LogP contribution in [0.2, 0.25) is 0 Å². The van der Waals surface area contributed by atoms with E-state index < -0.39 is 16.0 Å². The standard InChI is InChI=1S/C21H20FNO5S/c1-27-16-11-12-18-19(14-16)15(10-13-20(18)22)6-5-9-21(24)23-28-29(25,26)17-7-3-2-4-8-17/h2-4,7-8,10-14H,5-6,9H2,1H3,(H,23,24). The number of aryl methyl sites for hydroxylation is 1. The third-order valence-corrected chi connectivity index (χ3v) is 5.56. The lowest BCUT2D eigenvalue weighted by Crippen LogP contribution is -2.27. The van der Waals surface area contributed by atoms with Gasteiger partial charge in [0.1, 0.15) is 11.6 Å². The quantitative estimate of drug-likeness (QED) is 0.565. The fraction of sp³-hybridized carbons (Fsp3) is 0.190. The molecule has 0 bridgehead atoms. The summed E-state index contributed by atoms with van der Waals surface area (Å²) in [5.74, 6) is -0.279. The molecule has 0 radical (unpaired) electrons. The monoisotopic (exact) mass is 417 g/mol. The number of hydrogen-bond acceptors (Lipinski definition) is 5. The number of carbonyl (C=O) groups excluding carboxylic acids is 1. The van der Waals surface area contributed by atoms with Gasteiger partial charge in [0, 0.05) is 11.8 Å². The van der Waals surface area contributed by atoms with Crippen LogP contribution in [0.4, 0.5) is 4.39 Å². The van der Waals surface area contributed by atoms with Crippen molar-refractivity contribution < 1.29 is 26.6 Å². The van der Waals surface area contributed by atoms with Gasteiger partial charge in [0.2, 0.25) is 5.91 Å². The average molecular weight is 417 g/mol. The van der Waals surface area contributed by atoms with Crippen molar-refractivity contribution in [2.75, 3.05) is 7.11 Å². The van der Waals surface area contributed by atoms with Gasteiger partial charge in [-0.05, 0) is 60.2 Å². The number of fused-ring (bicyclic) bond motifs is 1. The molecule has 0 spiro atoms. The summed E-state index contributed by atoms with van der Waals surface area (Å²) in [6.07, 6.45) is 0.981. The Kier molecular flexibility index (Phi) is 6.46. The van der Waals surface area contributed by atoms with Crippen molar-refractivity contribution in [1.29, 1.82) is 0 Å². The Morgan fingerprint density at radius 3 is 2.52 bits per heavy atom. The number of benzene rings is 3. The molecule has 1 amide bonds. The molecule has 152 valence electrons. The highest BCUT2D eigenvalue weighted by atomic mass is 32.2. The van der Waals surface area contributed by atoms with Crippen molar-refractivity contribution in [1.82, 2.24) is 5.48 Å². The molecule has 0 heterocycles. The number of hydrogen-bond donors (Lipinski definition) is 1. The van der Waals surface area contributed by atoms with Gasteiger partial charge in [-0.3, -0.25) is 4.79 Å². The minimum absolute atomic E-state index is 0.0488. The molecular formula is C21H20FNO5S. The van der Waals surface area contributed by atoms with E-state index in [4.69, 9.17) is 4.74 Å². The maximum atomic E-state index is 14.0. The number of carbonyl (C=O) groups is 1. The van der Waals surface area contributed by atoms with Crippen molar-refractivity contribution in [3.63, 3.8) is 0 Å². The van der Waals surface area contributed by atoms with E-state index in [2.05, 4.69) is 4.28 Å². The van der Waals surface area contributed by atoms with Crippen LogP contribution in [-0.2, 0) is 25.6 Å². The number of ether oxygens (including phenoxy) is 1. The van der Waals surface area contributed by atoms with Crippen molar-refractivity contribution in [2.24, 2.45) is 0 Å². The van der Waals surface area contributed by atoms with E-state index in [0.29, 0.717) is 29.4 Å². The van der Waals surface area contributed by atoms with Gasteiger partial charge in [0.25, 0.3) is 0 Å². The first kappa shape index (κ1) is 20.8. The molecule has 3 aromatic rings. The maximum absolute atomic E-state index is 14.0. The smallest absolute Gasteiger partial charge is 0.317 e. The van der Waals surface area contributed by atoms with Crippen LogP contribution in [0.3, 0.4) is 0 Å². The second-order valence-electron chi connectivity index (χ2n) is 6.35. The van der Waals surface area contributed by atoms with Gasteiger partial charge in [0.15, 0.2) is 0 Å². The van der Waals surface area contributed by atoms with Gasteiger partial charge >= 0.3 is 10.1 Å². The molecule has 0 saturated carbocycles. The van der Waals surface area contributed by atoms with Crippen LogP contribution in [0.1, 0.15) is 18.4 Å². The van der Waals surface area contributed by atoms with Crippen LogP contribution in [0.25, 0.3) is 10.8 Å². The summed E-state index contributed by atoms with van der Waals surface area (Å²) in [7, 11) is -2.53. The van der Waals surface area contributed by atoms with Crippen LogP contribution in [0.15, 0.2) is 65.6 Å². The zero-order chi connectivity index (χ0) is 20.9. The Morgan fingerprint density at radius 1 is 1.03 bits per heavy atom. The van der Waals surface area contributed by atoms with E-state index in [9.17, 15) is 17.6 Å². The molecule has 0 aliphatic heterocycles. The molecule has 3 aromatic carbocycles. The van der Waals surface area contributed by atoms with Gasteiger partial charge < -0.3 is 4.74 Å². The first-order valence-corrected chi connectivity index (χ1v) is 10.3. The molecule has 6 nitrogen and oxygen atoms in total. The molecule has 1 N–H and O–H groups in total. The Hall–Kier alpha value is -2.97. The van der Waals surface area contributed by atoms with Crippen molar-refractivity contribution in [2.45, 2.75) is 24.2 Å². The van der Waals surface area contributed by atoms with E-state index >= 15 is 0 Å². The van der Waals surface area contributed by atoms with E-state index in [-0.39, 0.29) is 17.1 Å². The molecule has 0 fully saturated rings. The highest BCUT2D eigenvalue weighted by Gasteiger charge is 2.16. The maximum Gasteiger partial charge on any atom is 0.317 e. The van der Waals surface area contributed by atoms with E-state index in [0.717, 1.165) is 5.56 Å². The lowest BCUT2D eigenvalue weighted by atomic mass is 9.99. The lowest BCUT2D eigenvalue weighted by molar-refractivity contribution is -0.127. The van der Waals surface area contributed by atoms with Crippen molar-refractivity contribution >= 4 is 26.8 Å². The lowest BCUT2D eigenvalue weighted by Gasteiger charge is -2.10. The summed E-state index contributed by atoms with van der Waals surface area (Å²) in [5.41, 5.74) is 2.83. The molecule has 0 aromatic heterocycles. The molecule has 8 heteroatoms. The predicted molar refractivity (Wildman–Crippen MR) is 106 cm³/mol. The predicted octanol–water partition coefficient (Wildman–Crippen LogP) is 3.75. The molecule has 0 saturated heterocycles. The summed E-state index contributed by atoms with van der Waals surface area (Å²) in [6, 6.07) is 15.7. The van der Waals surface area contributed by atoms with Crippen LogP contribution in [0, 0.1) is 5.82 Å². The third-order valence-electron chi connectivity index (χ3n) is 4.41. The molecular weight excluding hydrogens is 397 g/mol. The van der Waals surface area contributed by atoms with Crippen LogP contribution < -0.4 is 10.2 Å². The second kappa shape index (κ2) is 9.02. The summed E-state index contributed by atoms with van der Waals surface area (Å²) >= 11 is 0. The molecule has 29 heavy (non-hydrogen) atoms. The van der Waals surface area contributed by atoms with E-state index in [1.807, 2.05) is 5.48 Å². The normalized spacial score (nSPS) is 11.4. The molecule has 0 aliphatic carbocycles. The number of nitrogens with one attached hydrogen (secondary N) is 1. The topological polar surface area (TPSA) is 81.7 Å². The minimum Gasteiger partial charge on any atom is -0.497 e. The van der Waals surface area contributed by atoms with Crippen LogP contribution >= 0.6 is 0 Å². The zero-order valence-corrected chi connectivity index (χ0v) is 16.5. The largest absolute Gasteiger partial charge is 0.497 e. The SMILES string of the molecule is COc1ccc2c(F)ccc(CCCC(=O)NOS(=O)(=O)c3ccccc3)c2c1. The number of halogens is 1. The molecule has 0 atom stereocenters. The fourth-order valence-electron chi connectivity index (χ4n) is 2.92. The molecule has 0 aliphatic rings. The Labute approximate surface area is 168 Å². The molecule has 0 unspecified atom stereocenters. The highest BCUT2D eigenvalue weighted by Crippen LogP contribution is 2.27. The van der Waals surface area contributed by atoms with Gasteiger partial charge in [-0.15, -0.1) is 4.28 Å². The minimum atomic E-state index is -4.06. The molecule has 3 rings (SSSR count). The summed E-state index contributed by atoms with van der Waals surface area (Å²) < 4.78 is 47.8. The summed E-state index contributed by atoms with van der Waals surface area (Å²) in [6.45, 7) is 0. The van der Waals surface area contributed by atoms with Crippen molar-refractivity contribution in [3.8, 4) is 5.75 Å². The Balaban J connectivity index is 1.59. The van der Waals surface area contributed by atoms with Crippen molar-refractivity contribution in [3.05, 3.63) is 72.0 Å².